The summed E-state index contributed by atoms with van der Waals surface area (Å²) in [5.41, 5.74) is 9.59. The summed E-state index contributed by atoms with van der Waals surface area (Å²) in [4.78, 5) is 0. The van der Waals surface area contributed by atoms with Crippen LogP contribution in [0.5, 0.6) is 0 Å². The zero-order chi connectivity index (χ0) is 26.4. The molecule has 0 spiro atoms. The molecule has 0 aliphatic carbocycles. The molecule has 188 valence electrons. The number of aromatic nitrogens is 1. The van der Waals surface area contributed by atoms with Crippen molar-refractivity contribution in [1.82, 2.24) is 4.40 Å². The first-order valence-corrected chi connectivity index (χ1v) is 14.0. The van der Waals surface area contributed by atoms with Gasteiger partial charge in [0.25, 0.3) is 0 Å². The second-order valence-electron chi connectivity index (χ2n) is 11.3. The summed E-state index contributed by atoms with van der Waals surface area (Å²) in [6.45, 7) is 0. The molecule has 0 saturated carbocycles. The third kappa shape index (κ3) is 2.34. The van der Waals surface area contributed by atoms with Gasteiger partial charge in [-0.05, 0) is 75.1 Å². The van der Waals surface area contributed by atoms with E-state index in [1.54, 1.807) is 0 Å². The Hall–Kier alpha value is -5.54. The Bertz CT molecular complexity index is 2730. The van der Waals surface area contributed by atoms with Crippen LogP contribution in [0.3, 0.4) is 0 Å². The van der Waals surface area contributed by atoms with E-state index in [1.807, 2.05) is 12.1 Å². The molecule has 3 nitrogen and oxygen atoms in total. The van der Waals surface area contributed by atoms with Crippen molar-refractivity contribution < 1.29 is 8.83 Å². The van der Waals surface area contributed by atoms with E-state index in [1.165, 1.54) is 59.7 Å². The Morgan fingerprint density at radius 3 is 1.63 bits per heavy atom. The number of hydrogen-bond acceptors (Lipinski definition) is 2. The van der Waals surface area contributed by atoms with Crippen LogP contribution in [0.4, 0.5) is 0 Å². The van der Waals surface area contributed by atoms with Crippen LogP contribution < -0.4 is 0 Å². The van der Waals surface area contributed by atoms with Crippen molar-refractivity contribution in [2.75, 3.05) is 0 Å². The third-order valence-corrected chi connectivity index (χ3v) is 9.25. The third-order valence-electron chi connectivity index (χ3n) is 9.25. The molecule has 3 heteroatoms. The van der Waals surface area contributed by atoms with Crippen molar-refractivity contribution in [1.29, 1.82) is 0 Å². The molecule has 11 rings (SSSR count). The molecule has 0 unspecified atom stereocenters. The van der Waals surface area contributed by atoms with Gasteiger partial charge in [0.1, 0.15) is 11.2 Å². The Balaban J connectivity index is 1.41. The molecule has 41 heavy (non-hydrogen) atoms. The van der Waals surface area contributed by atoms with Crippen molar-refractivity contribution >= 4 is 92.7 Å². The van der Waals surface area contributed by atoms with E-state index in [0.29, 0.717) is 0 Å². The van der Waals surface area contributed by atoms with Gasteiger partial charge in [0.2, 0.25) is 0 Å². The van der Waals surface area contributed by atoms with Crippen molar-refractivity contribution in [3.63, 3.8) is 0 Å². The average molecular weight is 522 g/mol. The Morgan fingerprint density at radius 1 is 0.366 bits per heavy atom. The summed E-state index contributed by atoms with van der Waals surface area (Å²) < 4.78 is 15.2. The molecule has 4 aromatic heterocycles. The van der Waals surface area contributed by atoms with E-state index in [9.17, 15) is 0 Å². The second kappa shape index (κ2) is 6.78. The molecule has 0 fully saturated rings. The Kier molecular flexibility index (Phi) is 3.37. The molecule has 0 amide bonds. The van der Waals surface area contributed by atoms with Crippen molar-refractivity contribution in [3.8, 4) is 11.1 Å². The van der Waals surface area contributed by atoms with Crippen molar-refractivity contribution in [3.05, 3.63) is 115 Å². The lowest BCUT2D eigenvalue weighted by Crippen LogP contribution is -2.02. The normalized spacial score (nSPS) is 12.9. The van der Waals surface area contributed by atoms with Crippen LogP contribution in [0.1, 0.15) is 0 Å². The maximum absolute atomic E-state index is 6.60. The molecule has 11 aromatic rings. The van der Waals surface area contributed by atoms with E-state index >= 15 is 0 Å². The maximum Gasteiger partial charge on any atom is 0.152 e. The zero-order valence-electron chi connectivity index (χ0n) is 21.7. The molecule has 0 radical (unpaired) electrons. The maximum atomic E-state index is 6.60. The standard InChI is InChI=1S/C38H19NO2/c1-2-10-30-24(7-1)27-17-22(13-14-31(27)40-30)23-18-28-25-8-3-5-20-11-15-32-37(34(20)25)39-36(28)29(19-23)26-9-4-6-21-12-16-33(41-32)38(39)35(21)26/h1-19H. The Morgan fingerprint density at radius 2 is 0.927 bits per heavy atom. The average Bonchev–Trinajstić information content (AvgIpc) is 3.40. The molecule has 0 aliphatic rings. The van der Waals surface area contributed by atoms with Crippen LogP contribution in [-0.4, -0.2) is 4.40 Å². The number of rotatable bonds is 1. The largest absolute Gasteiger partial charge is 0.456 e. The van der Waals surface area contributed by atoms with Crippen molar-refractivity contribution in [2.24, 2.45) is 0 Å². The number of furan rings is 1. The molecule has 0 saturated heterocycles. The van der Waals surface area contributed by atoms with Gasteiger partial charge in [0, 0.05) is 32.3 Å². The molecule has 0 atom stereocenters. The summed E-state index contributed by atoms with van der Waals surface area (Å²) >= 11 is 0. The van der Waals surface area contributed by atoms with Crippen LogP contribution in [0.25, 0.3) is 104 Å². The van der Waals surface area contributed by atoms with Crippen LogP contribution in [0, 0.1) is 0 Å². The van der Waals surface area contributed by atoms with E-state index in [4.69, 9.17) is 8.83 Å². The van der Waals surface area contributed by atoms with E-state index in [0.717, 1.165) is 44.1 Å². The minimum atomic E-state index is 0.911. The second-order valence-corrected chi connectivity index (χ2v) is 11.3. The van der Waals surface area contributed by atoms with Gasteiger partial charge in [0.15, 0.2) is 11.2 Å². The lowest BCUT2D eigenvalue weighted by atomic mass is 9.90. The number of hydrogen-bond donors (Lipinski definition) is 0. The lowest BCUT2D eigenvalue weighted by molar-refractivity contribution is 0.656. The predicted octanol–water partition coefficient (Wildman–Crippen LogP) is 10.9. The monoisotopic (exact) mass is 521 g/mol. The highest BCUT2D eigenvalue weighted by Gasteiger charge is 2.23. The summed E-state index contributed by atoms with van der Waals surface area (Å²) in [5, 5.41) is 12.3. The van der Waals surface area contributed by atoms with E-state index < -0.39 is 0 Å². The molecule has 7 aromatic carbocycles. The van der Waals surface area contributed by atoms with Crippen LogP contribution in [-0.2, 0) is 0 Å². The fourth-order valence-electron chi connectivity index (χ4n) is 7.55. The molecular weight excluding hydrogens is 502 g/mol. The smallest absolute Gasteiger partial charge is 0.152 e. The van der Waals surface area contributed by atoms with E-state index in [2.05, 4.69) is 108 Å². The minimum absolute atomic E-state index is 0.911. The number of pyridine rings is 2. The van der Waals surface area contributed by atoms with Gasteiger partial charge < -0.3 is 13.2 Å². The lowest BCUT2D eigenvalue weighted by Gasteiger charge is -2.23. The summed E-state index contributed by atoms with van der Waals surface area (Å²) in [6, 6.07) is 41.6. The van der Waals surface area contributed by atoms with Crippen LogP contribution in [0.2, 0.25) is 0 Å². The fourth-order valence-corrected chi connectivity index (χ4v) is 7.55. The summed E-state index contributed by atoms with van der Waals surface area (Å²) in [7, 11) is 0. The van der Waals surface area contributed by atoms with Gasteiger partial charge in [-0.3, -0.25) is 0 Å². The Labute approximate surface area is 232 Å². The van der Waals surface area contributed by atoms with Gasteiger partial charge in [-0.2, -0.15) is 0 Å². The highest BCUT2D eigenvalue weighted by atomic mass is 16.3. The SMILES string of the molecule is c1ccc2c(c1)oc1ccc(-c3cc4c5cccc6ccc7oc8ccc9cccc%10c(c3)c4n(c7c65)c8c9%10)cc12. The van der Waals surface area contributed by atoms with Crippen LogP contribution >= 0.6 is 0 Å². The zero-order valence-corrected chi connectivity index (χ0v) is 21.7. The summed E-state index contributed by atoms with van der Waals surface area (Å²) in [6.07, 6.45) is 0. The molecule has 0 N–H and O–H groups in total. The van der Waals surface area contributed by atoms with Gasteiger partial charge in [0.05, 0.1) is 16.6 Å². The number of para-hydroxylation sites is 1. The molecular formula is C38H19NO2. The summed E-state index contributed by atoms with van der Waals surface area (Å²) in [5.74, 6) is 0. The van der Waals surface area contributed by atoms with Gasteiger partial charge in [-0.15, -0.1) is 0 Å². The number of benzene rings is 7. The van der Waals surface area contributed by atoms with Gasteiger partial charge >= 0.3 is 0 Å². The van der Waals surface area contributed by atoms with Gasteiger partial charge in [-0.25, -0.2) is 0 Å². The quantitative estimate of drug-likeness (QED) is 0.159. The first kappa shape index (κ1) is 20.4. The van der Waals surface area contributed by atoms with Crippen LogP contribution in [0.15, 0.2) is 124 Å². The molecule has 4 heterocycles. The van der Waals surface area contributed by atoms with Crippen molar-refractivity contribution in [2.45, 2.75) is 0 Å². The predicted molar refractivity (Wildman–Crippen MR) is 170 cm³/mol. The topological polar surface area (TPSA) is 30.7 Å². The first-order valence-electron chi connectivity index (χ1n) is 14.0. The van der Waals surface area contributed by atoms with Gasteiger partial charge in [-0.1, -0.05) is 72.8 Å². The highest BCUT2D eigenvalue weighted by molar-refractivity contribution is 6.32. The van der Waals surface area contributed by atoms with E-state index in [-0.39, 0.29) is 0 Å². The first-order chi connectivity index (χ1) is 20.3. The number of fused-ring (bicyclic) bond motifs is 5. The molecule has 0 bridgehead atoms. The fraction of sp³-hybridized carbons (Fsp3) is 0. The number of nitrogens with zero attached hydrogens (tertiary/aromatic N) is 1. The minimum Gasteiger partial charge on any atom is -0.456 e. The molecule has 0 aliphatic heterocycles. The highest BCUT2D eigenvalue weighted by Crippen LogP contribution is 2.46.